The number of carbonyl (C=O) groups is 2. The first kappa shape index (κ1) is 56.7. The van der Waals surface area contributed by atoms with Crippen LogP contribution in [-0.2, 0) is 31.0 Å². The van der Waals surface area contributed by atoms with Crippen molar-refractivity contribution in [2.75, 3.05) is 27.4 Å². The van der Waals surface area contributed by atoms with E-state index in [4.69, 9.17) is 27.8 Å². The van der Waals surface area contributed by atoms with Gasteiger partial charge < -0.3 is 37.6 Å². The Morgan fingerprint density at radius 3 is 1.41 bits per heavy atom. The van der Waals surface area contributed by atoms with E-state index in [0.717, 1.165) is 89.3 Å². The van der Waals surface area contributed by atoms with Gasteiger partial charge in [0, 0.05) is 16.5 Å². The van der Waals surface area contributed by atoms with Crippen molar-refractivity contribution in [3.05, 3.63) is 204 Å². The van der Waals surface area contributed by atoms with Gasteiger partial charge in [-0.15, -0.1) is 0 Å². The number of aromatic nitrogens is 2. The van der Waals surface area contributed by atoms with Crippen molar-refractivity contribution in [3.8, 4) is 45.3 Å². The predicted octanol–water partition coefficient (Wildman–Crippen LogP) is 14.9. The second-order valence-electron chi connectivity index (χ2n) is 17.8. The minimum Gasteiger partial charge on any atom is -0.508 e. The van der Waals surface area contributed by atoms with E-state index >= 15 is 0 Å². The zero-order valence-corrected chi connectivity index (χ0v) is 45.2. The third-order valence-corrected chi connectivity index (χ3v) is 12.8. The Morgan fingerprint density at radius 2 is 1.01 bits per heavy atom. The number of phenolic OH excluding ortho intramolecular Hbond substituents is 1. The van der Waals surface area contributed by atoms with Gasteiger partial charge in [-0.2, -0.15) is 0 Å². The van der Waals surface area contributed by atoms with Crippen LogP contribution in [0.4, 0.5) is 0 Å². The summed E-state index contributed by atoms with van der Waals surface area (Å²) in [4.78, 5) is 31.6. The monoisotopic (exact) mass is 1080 g/mol. The summed E-state index contributed by atoms with van der Waals surface area (Å²) in [6, 6.07) is 43.9. The van der Waals surface area contributed by atoms with Crippen molar-refractivity contribution < 1.29 is 47.2 Å². The van der Waals surface area contributed by atoms with Crippen molar-refractivity contribution >= 4 is 27.9 Å². The molecule has 1 N–H and O–H groups in total. The zero-order chi connectivity index (χ0) is 53.4. The van der Waals surface area contributed by atoms with Gasteiger partial charge in [0.25, 0.3) is 0 Å². The first-order chi connectivity index (χ1) is 36.5. The second kappa shape index (κ2) is 29.9. The number of rotatable bonds is 22. The van der Waals surface area contributed by atoms with E-state index in [0.29, 0.717) is 18.4 Å². The lowest BCUT2D eigenvalue weighted by Gasteiger charge is -2.14. The first-order valence-electron chi connectivity index (χ1n) is 25.2. The summed E-state index contributed by atoms with van der Waals surface area (Å²) in [5, 5.41) is 10.2. The molecule has 8 aromatic rings. The van der Waals surface area contributed by atoms with Gasteiger partial charge in [-0.05, 0) is 109 Å². The summed E-state index contributed by atoms with van der Waals surface area (Å²) in [6.07, 6.45) is 10.7. The predicted molar refractivity (Wildman–Crippen MR) is 296 cm³/mol. The Labute approximate surface area is 449 Å². The van der Waals surface area contributed by atoms with Crippen molar-refractivity contribution in [2.24, 2.45) is 0 Å². The van der Waals surface area contributed by atoms with Gasteiger partial charge in [0.15, 0.2) is 0 Å². The van der Waals surface area contributed by atoms with Crippen LogP contribution in [-0.4, -0.2) is 54.4 Å². The molecule has 12 nitrogen and oxygen atoms in total. The molecule has 0 radical (unpaired) electrons. The maximum absolute atomic E-state index is 11.9. The fraction of sp³-hybridized carbons (Fsp3) is 0.290. The van der Waals surface area contributed by atoms with E-state index in [2.05, 4.69) is 143 Å². The third-order valence-electron chi connectivity index (χ3n) is 12.1. The van der Waals surface area contributed by atoms with Gasteiger partial charge in [-0.1, -0.05) is 139 Å². The van der Waals surface area contributed by atoms with E-state index < -0.39 is 0 Å². The number of oxazole rings is 2. The lowest BCUT2D eigenvalue weighted by molar-refractivity contribution is -0.141. The normalized spacial score (nSPS) is 11.5. The number of ether oxygens (including phenoxy) is 5. The van der Waals surface area contributed by atoms with Crippen LogP contribution in [0.2, 0.25) is 0 Å². The molecule has 2 atom stereocenters. The molecule has 0 bridgehead atoms. The van der Waals surface area contributed by atoms with Crippen molar-refractivity contribution in [1.82, 2.24) is 9.97 Å². The van der Waals surface area contributed by atoms with E-state index in [1.807, 2.05) is 24.3 Å². The average Bonchev–Trinajstić information content (AvgIpc) is 4.20. The molecule has 2 heterocycles. The molecule has 0 spiro atoms. The van der Waals surface area contributed by atoms with Crippen LogP contribution in [0.3, 0.4) is 0 Å². The Kier molecular flexibility index (Phi) is 22.6. The number of unbranched alkanes of at least 4 members (excludes halogenated alkanes) is 2. The summed E-state index contributed by atoms with van der Waals surface area (Å²) in [7, 11) is 2.71. The minimum atomic E-state index is -0.341. The molecular formula is C62H67BrN2O10. The number of alkyl halides is 1. The number of phenols is 1. The fourth-order valence-corrected chi connectivity index (χ4v) is 8.25. The Bertz CT molecular complexity index is 2920. The fourth-order valence-electron chi connectivity index (χ4n) is 7.88. The van der Waals surface area contributed by atoms with Gasteiger partial charge in [-0.25, -0.2) is 9.97 Å². The lowest BCUT2D eigenvalue weighted by Crippen LogP contribution is -2.10. The van der Waals surface area contributed by atoms with Gasteiger partial charge >= 0.3 is 11.9 Å². The number of esters is 2. The first-order valence-corrected chi connectivity index (χ1v) is 26.3. The molecule has 2 aromatic heterocycles. The van der Waals surface area contributed by atoms with Crippen molar-refractivity contribution in [2.45, 2.75) is 90.0 Å². The average molecular weight is 1080 g/mol. The molecule has 0 aliphatic rings. The van der Waals surface area contributed by atoms with Gasteiger partial charge in [0.05, 0.1) is 64.5 Å². The summed E-state index contributed by atoms with van der Waals surface area (Å²) in [5.41, 5.74) is 11.2. The summed E-state index contributed by atoms with van der Waals surface area (Å²) < 4.78 is 38.2. The highest BCUT2D eigenvalue weighted by Crippen LogP contribution is 2.34. The zero-order valence-electron chi connectivity index (χ0n) is 43.6. The summed E-state index contributed by atoms with van der Waals surface area (Å²) >= 11 is 3.48. The number of aryl methyl sites for hydroxylation is 2. The Balaban J connectivity index is 0.000000202. The number of aromatic hydroxyl groups is 1. The minimum absolute atomic E-state index is 0.141. The second-order valence-corrected chi connectivity index (χ2v) is 18.3. The van der Waals surface area contributed by atoms with E-state index in [1.54, 1.807) is 30.5 Å². The molecule has 75 heavy (non-hydrogen) atoms. The highest BCUT2D eigenvalue weighted by atomic mass is 79.9. The molecular weight excluding hydrogens is 1010 g/mol. The molecule has 0 saturated carbocycles. The molecule has 392 valence electrons. The van der Waals surface area contributed by atoms with E-state index in [1.165, 1.54) is 60.8 Å². The molecule has 13 heteroatoms. The van der Waals surface area contributed by atoms with Crippen LogP contribution in [0.15, 0.2) is 167 Å². The number of methoxy groups -OCH3 is 2. The lowest BCUT2D eigenvalue weighted by atomic mass is 9.95. The van der Waals surface area contributed by atoms with Crippen LogP contribution in [0.1, 0.15) is 109 Å². The van der Waals surface area contributed by atoms with Crippen molar-refractivity contribution in [1.29, 1.82) is 0 Å². The molecule has 0 aliphatic heterocycles. The molecule has 0 amide bonds. The third kappa shape index (κ3) is 17.5. The van der Waals surface area contributed by atoms with Gasteiger partial charge in [0.2, 0.25) is 11.8 Å². The number of halogens is 1. The molecule has 0 aliphatic carbocycles. The van der Waals surface area contributed by atoms with E-state index in [9.17, 15) is 14.7 Å². The molecule has 0 saturated heterocycles. The molecule has 8 rings (SSSR count). The van der Waals surface area contributed by atoms with Crippen LogP contribution >= 0.6 is 15.9 Å². The molecule has 6 aromatic carbocycles. The standard InChI is InChI=1S/C31H33NO5.C18H21BrO.C13H13NO4/c1-4-5-17-35-29-15-6-22(2)19-27(29)24-9-7-23(8-10-24)21-37-26-13-11-25(12-14-26)28(20-30(33)34-3)31-32-16-18-36-31;1-3-4-11-20-18-10-5-14(2)12-17(18)16-8-6-15(13-19)7-9-16;1-17-12(16)8-11(13-14-6-7-18-13)9-2-4-10(15)5-3-9/h6-16,18-19,28H,4-5,17,20-21H2,1-3H3;5-10,12H,3-4,11,13H2,1-2H3;2-7,11,15H,8H2,1H3. The summed E-state index contributed by atoms with van der Waals surface area (Å²) in [6.45, 7) is 10.5. The molecule has 2 unspecified atom stereocenters. The number of carbonyl (C=O) groups excluding carboxylic acids is 2. The number of nitrogens with zero attached hydrogens (tertiary/aromatic N) is 2. The maximum atomic E-state index is 11.9. The van der Waals surface area contributed by atoms with Crippen LogP contribution in [0, 0.1) is 13.8 Å². The smallest absolute Gasteiger partial charge is 0.306 e. The SMILES string of the molecule is CCCCOc1ccc(C)cc1-c1ccc(CBr)cc1.CCCCOc1ccc(C)cc1-c1ccc(COc2ccc(C(CC(=O)OC)c3ncco3)cc2)cc1.COC(=O)CC(c1ccc(O)cc1)c1ncco1. The van der Waals surface area contributed by atoms with Crippen LogP contribution in [0.5, 0.6) is 23.0 Å². The van der Waals surface area contributed by atoms with Gasteiger partial charge in [-0.3, -0.25) is 9.59 Å². The number of benzene rings is 6. The number of hydrogen-bond donors (Lipinski definition) is 1. The highest BCUT2D eigenvalue weighted by molar-refractivity contribution is 9.08. The van der Waals surface area contributed by atoms with Gasteiger partial charge in [0.1, 0.15) is 42.1 Å². The largest absolute Gasteiger partial charge is 0.508 e. The quantitative estimate of drug-likeness (QED) is 0.0390. The summed E-state index contributed by atoms with van der Waals surface area (Å²) in [5.74, 6) is 2.44. The maximum Gasteiger partial charge on any atom is 0.306 e. The molecule has 0 fully saturated rings. The Hall–Kier alpha value is -7.64. The Morgan fingerprint density at radius 1 is 0.573 bits per heavy atom. The van der Waals surface area contributed by atoms with E-state index in [-0.39, 0.29) is 42.4 Å². The topological polar surface area (TPSA) is 153 Å². The highest BCUT2D eigenvalue weighted by Gasteiger charge is 2.24. The van der Waals surface area contributed by atoms with Crippen molar-refractivity contribution in [3.63, 3.8) is 0 Å². The van der Waals surface area contributed by atoms with Crippen LogP contribution in [0.25, 0.3) is 22.3 Å². The number of hydrogen-bond acceptors (Lipinski definition) is 12. The van der Waals surface area contributed by atoms with Crippen LogP contribution < -0.4 is 14.2 Å².